The molecule has 24 heavy (non-hydrogen) atoms. The summed E-state index contributed by atoms with van der Waals surface area (Å²) in [5.41, 5.74) is 1.07. The van der Waals surface area contributed by atoms with Gasteiger partial charge in [0.1, 0.15) is 11.5 Å². The van der Waals surface area contributed by atoms with Crippen molar-refractivity contribution < 1.29 is 18.7 Å². The summed E-state index contributed by atoms with van der Waals surface area (Å²) in [4.78, 5) is 13.8. The van der Waals surface area contributed by atoms with E-state index in [-0.39, 0.29) is 12.5 Å². The number of rotatable bonds is 8. The number of carbonyl (C=O) groups excluding carboxylic acids is 1. The van der Waals surface area contributed by atoms with E-state index in [1.165, 1.54) is 0 Å². The molecule has 0 atom stereocenters. The number of furan rings is 1. The Morgan fingerprint density at radius 1 is 1.29 bits per heavy atom. The van der Waals surface area contributed by atoms with Gasteiger partial charge in [-0.3, -0.25) is 4.79 Å². The Bertz CT molecular complexity index is 705. The van der Waals surface area contributed by atoms with Gasteiger partial charge < -0.3 is 18.8 Å². The molecule has 1 aromatic carbocycles. The van der Waals surface area contributed by atoms with Crippen LogP contribution >= 0.6 is 0 Å². The number of nitrogens with zero attached hydrogens (tertiary/aromatic N) is 1. The maximum Gasteiger partial charge on any atom is 0.260 e. The standard InChI is InChI=1S/C19H23NO4/c1-5-6-15-8-10-17(18(11-15)22-4)23-13-19(21)20(3)12-16-9-7-14(2)24-16/h5,7-11H,1,6,12-13H2,2-4H3. The maximum atomic E-state index is 12.2. The van der Waals surface area contributed by atoms with Gasteiger partial charge >= 0.3 is 0 Å². The highest BCUT2D eigenvalue weighted by molar-refractivity contribution is 5.77. The highest BCUT2D eigenvalue weighted by Crippen LogP contribution is 2.28. The highest BCUT2D eigenvalue weighted by atomic mass is 16.5. The van der Waals surface area contributed by atoms with Gasteiger partial charge in [-0.2, -0.15) is 0 Å². The van der Waals surface area contributed by atoms with Crippen LogP contribution < -0.4 is 9.47 Å². The minimum Gasteiger partial charge on any atom is -0.493 e. The lowest BCUT2D eigenvalue weighted by Gasteiger charge is -2.17. The second-order valence-electron chi connectivity index (χ2n) is 5.53. The topological polar surface area (TPSA) is 51.9 Å². The van der Waals surface area contributed by atoms with E-state index in [9.17, 15) is 4.79 Å². The van der Waals surface area contributed by atoms with E-state index in [0.29, 0.717) is 18.0 Å². The predicted octanol–water partition coefficient (Wildman–Crippen LogP) is 3.36. The molecule has 0 radical (unpaired) electrons. The van der Waals surface area contributed by atoms with E-state index in [4.69, 9.17) is 13.9 Å². The number of carbonyl (C=O) groups is 1. The molecule has 0 aliphatic heterocycles. The van der Waals surface area contributed by atoms with Gasteiger partial charge in [0.25, 0.3) is 5.91 Å². The third-order valence-electron chi connectivity index (χ3n) is 3.57. The zero-order valence-corrected chi connectivity index (χ0v) is 14.4. The van der Waals surface area contributed by atoms with Crippen LogP contribution in [0.5, 0.6) is 11.5 Å². The SMILES string of the molecule is C=CCc1ccc(OCC(=O)N(C)Cc2ccc(C)o2)c(OC)c1. The summed E-state index contributed by atoms with van der Waals surface area (Å²) in [5, 5.41) is 0. The van der Waals surface area contributed by atoms with E-state index in [1.807, 2.05) is 37.3 Å². The van der Waals surface area contributed by atoms with Crippen LogP contribution in [0.4, 0.5) is 0 Å². The summed E-state index contributed by atoms with van der Waals surface area (Å²) >= 11 is 0. The highest BCUT2D eigenvalue weighted by Gasteiger charge is 2.13. The van der Waals surface area contributed by atoms with Crippen LogP contribution in [0.15, 0.2) is 47.4 Å². The molecule has 2 rings (SSSR count). The van der Waals surface area contributed by atoms with Crippen LogP contribution in [0.3, 0.4) is 0 Å². The molecule has 0 N–H and O–H groups in total. The normalized spacial score (nSPS) is 10.3. The van der Waals surface area contributed by atoms with E-state index < -0.39 is 0 Å². The number of benzene rings is 1. The fourth-order valence-corrected chi connectivity index (χ4v) is 2.27. The Hall–Kier alpha value is -2.69. The number of likely N-dealkylation sites (N-methyl/N-ethyl adjacent to an activating group) is 1. The summed E-state index contributed by atoms with van der Waals surface area (Å²) in [5.74, 6) is 2.58. The van der Waals surface area contributed by atoms with E-state index >= 15 is 0 Å². The fourth-order valence-electron chi connectivity index (χ4n) is 2.27. The Kier molecular flexibility index (Phi) is 6.07. The molecule has 0 unspecified atom stereocenters. The van der Waals surface area contributed by atoms with Crippen LogP contribution in [0.2, 0.25) is 0 Å². The number of aryl methyl sites for hydroxylation is 1. The van der Waals surface area contributed by atoms with Crippen LogP contribution in [0.1, 0.15) is 17.1 Å². The Labute approximate surface area is 142 Å². The smallest absolute Gasteiger partial charge is 0.260 e. The van der Waals surface area contributed by atoms with Crippen molar-refractivity contribution in [1.82, 2.24) is 4.90 Å². The summed E-state index contributed by atoms with van der Waals surface area (Å²) in [6, 6.07) is 9.36. The van der Waals surface area contributed by atoms with E-state index in [0.717, 1.165) is 23.5 Å². The second kappa shape index (κ2) is 8.24. The lowest BCUT2D eigenvalue weighted by molar-refractivity contribution is -0.132. The number of amides is 1. The first-order valence-corrected chi connectivity index (χ1v) is 7.73. The van der Waals surface area contributed by atoms with Crippen LogP contribution in [0.25, 0.3) is 0 Å². The average molecular weight is 329 g/mol. The molecule has 128 valence electrons. The van der Waals surface area contributed by atoms with Gasteiger partial charge in [0.2, 0.25) is 0 Å². The van der Waals surface area contributed by atoms with Crippen LogP contribution in [-0.2, 0) is 17.8 Å². The molecular weight excluding hydrogens is 306 g/mol. The van der Waals surface area contributed by atoms with Gasteiger partial charge in [0.05, 0.1) is 13.7 Å². The molecule has 0 aliphatic rings. The molecule has 2 aromatic rings. The molecule has 0 spiro atoms. The largest absolute Gasteiger partial charge is 0.493 e. The second-order valence-corrected chi connectivity index (χ2v) is 5.53. The van der Waals surface area contributed by atoms with Gasteiger partial charge in [0, 0.05) is 7.05 Å². The zero-order chi connectivity index (χ0) is 17.5. The van der Waals surface area contributed by atoms with Gasteiger partial charge in [0.15, 0.2) is 18.1 Å². The molecule has 1 amide bonds. The predicted molar refractivity (Wildman–Crippen MR) is 92.3 cm³/mol. The van der Waals surface area contributed by atoms with Crippen molar-refractivity contribution in [3.05, 3.63) is 60.1 Å². The van der Waals surface area contributed by atoms with Crippen molar-refractivity contribution >= 4 is 5.91 Å². The number of ether oxygens (including phenoxy) is 2. The van der Waals surface area contributed by atoms with Gasteiger partial charge in [-0.05, 0) is 43.2 Å². The van der Waals surface area contributed by atoms with E-state index in [1.54, 1.807) is 25.1 Å². The monoisotopic (exact) mass is 329 g/mol. The first kappa shape index (κ1) is 17.7. The molecular formula is C19H23NO4. The van der Waals surface area contributed by atoms with Crippen LogP contribution in [0, 0.1) is 6.92 Å². The van der Waals surface area contributed by atoms with Crippen molar-refractivity contribution in [3.63, 3.8) is 0 Å². The molecule has 0 saturated heterocycles. The molecule has 5 nitrogen and oxygen atoms in total. The van der Waals surface area contributed by atoms with Crippen molar-refractivity contribution in [1.29, 1.82) is 0 Å². The molecule has 0 fully saturated rings. The van der Waals surface area contributed by atoms with Crippen LogP contribution in [-0.4, -0.2) is 31.6 Å². The minimum atomic E-state index is -0.138. The summed E-state index contributed by atoms with van der Waals surface area (Å²) in [6.07, 6.45) is 2.57. The van der Waals surface area contributed by atoms with Gasteiger partial charge in [-0.25, -0.2) is 0 Å². The fraction of sp³-hybridized carbons (Fsp3) is 0.316. The molecule has 0 bridgehead atoms. The average Bonchev–Trinajstić information content (AvgIpc) is 2.98. The van der Waals surface area contributed by atoms with Crippen molar-refractivity contribution in [2.45, 2.75) is 19.9 Å². The quantitative estimate of drug-likeness (QED) is 0.697. The molecule has 1 heterocycles. The third kappa shape index (κ3) is 4.65. The lowest BCUT2D eigenvalue weighted by Crippen LogP contribution is -2.30. The molecule has 1 aromatic heterocycles. The first-order valence-electron chi connectivity index (χ1n) is 7.73. The van der Waals surface area contributed by atoms with Crippen molar-refractivity contribution in [2.75, 3.05) is 20.8 Å². The molecule has 5 heteroatoms. The third-order valence-corrected chi connectivity index (χ3v) is 3.57. The summed E-state index contributed by atoms with van der Waals surface area (Å²) in [6.45, 7) is 5.94. The molecule has 0 aliphatic carbocycles. The lowest BCUT2D eigenvalue weighted by atomic mass is 10.1. The molecule has 0 saturated carbocycles. The zero-order valence-electron chi connectivity index (χ0n) is 14.4. The Balaban J connectivity index is 1.94. The Morgan fingerprint density at radius 2 is 2.08 bits per heavy atom. The van der Waals surface area contributed by atoms with Gasteiger partial charge in [-0.1, -0.05) is 12.1 Å². The number of hydrogen-bond acceptors (Lipinski definition) is 4. The van der Waals surface area contributed by atoms with Crippen molar-refractivity contribution in [3.8, 4) is 11.5 Å². The maximum absolute atomic E-state index is 12.2. The summed E-state index contributed by atoms with van der Waals surface area (Å²) in [7, 11) is 3.29. The number of allylic oxidation sites excluding steroid dienone is 1. The summed E-state index contributed by atoms with van der Waals surface area (Å²) < 4.78 is 16.4. The van der Waals surface area contributed by atoms with E-state index in [2.05, 4.69) is 6.58 Å². The first-order chi connectivity index (χ1) is 11.5. The minimum absolute atomic E-state index is 0.0621. The van der Waals surface area contributed by atoms with Gasteiger partial charge in [-0.15, -0.1) is 6.58 Å². The number of hydrogen-bond donors (Lipinski definition) is 0. The Morgan fingerprint density at radius 3 is 2.71 bits per heavy atom. The van der Waals surface area contributed by atoms with Crippen molar-refractivity contribution in [2.24, 2.45) is 0 Å². The number of methoxy groups -OCH3 is 1.